The third kappa shape index (κ3) is 2.98. The van der Waals surface area contributed by atoms with Crippen molar-refractivity contribution in [3.05, 3.63) is 0 Å². The van der Waals surface area contributed by atoms with E-state index in [1.807, 2.05) is 0 Å². The predicted octanol–water partition coefficient (Wildman–Crippen LogP) is 3.15. The SMILES string of the molecule is CCC1(CN(C)C)CCC(C)CC1. The van der Waals surface area contributed by atoms with Crippen LogP contribution in [0.25, 0.3) is 0 Å². The van der Waals surface area contributed by atoms with E-state index < -0.39 is 0 Å². The van der Waals surface area contributed by atoms with Crippen LogP contribution in [0, 0.1) is 11.3 Å². The van der Waals surface area contributed by atoms with Crippen molar-refractivity contribution in [2.45, 2.75) is 46.0 Å². The van der Waals surface area contributed by atoms with Crippen molar-refractivity contribution in [1.82, 2.24) is 4.90 Å². The Hall–Kier alpha value is -0.0400. The number of hydrogen-bond acceptors (Lipinski definition) is 1. The fourth-order valence-electron chi connectivity index (χ4n) is 2.67. The van der Waals surface area contributed by atoms with Crippen LogP contribution < -0.4 is 0 Å². The van der Waals surface area contributed by atoms with Gasteiger partial charge in [0.15, 0.2) is 0 Å². The van der Waals surface area contributed by atoms with Gasteiger partial charge in [-0.1, -0.05) is 26.7 Å². The average molecular weight is 183 g/mol. The lowest BCUT2D eigenvalue weighted by atomic mass is 9.69. The lowest BCUT2D eigenvalue weighted by Crippen LogP contribution is -2.36. The van der Waals surface area contributed by atoms with Gasteiger partial charge >= 0.3 is 0 Å². The monoisotopic (exact) mass is 183 g/mol. The summed E-state index contributed by atoms with van der Waals surface area (Å²) < 4.78 is 0. The van der Waals surface area contributed by atoms with Crippen molar-refractivity contribution < 1.29 is 0 Å². The van der Waals surface area contributed by atoms with Gasteiger partial charge < -0.3 is 4.90 Å². The fraction of sp³-hybridized carbons (Fsp3) is 1.00. The van der Waals surface area contributed by atoms with Crippen LogP contribution in [0.5, 0.6) is 0 Å². The molecular weight excluding hydrogens is 158 g/mol. The van der Waals surface area contributed by atoms with Crippen molar-refractivity contribution in [2.24, 2.45) is 11.3 Å². The summed E-state index contributed by atoms with van der Waals surface area (Å²) in [5, 5.41) is 0. The van der Waals surface area contributed by atoms with Crippen molar-refractivity contribution in [3.63, 3.8) is 0 Å². The van der Waals surface area contributed by atoms with Crippen molar-refractivity contribution in [1.29, 1.82) is 0 Å². The van der Waals surface area contributed by atoms with Crippen LogP contribution in [0.15, 0.2) is 0 Å². The van der Waals surface area contributed by atoms with Crippen molar-refractivity contribution in [3.8, 4) is 0 Å². The maximum absolute atomic E-state index is 2.40. The van der Waals surface area contributed by atoms with E-state index in [0.717, 1.165) is 5.92 Å². The Morgan fingerprint density at radius 3 is 2.15 bits per heavy atom. The Kier molecular flexibility index (Phi) is 3.78. The molecule has 0 N–H and O–H groups in total. The maximum atomic E-state index is 2.40. The Morgan fingerprint density at radius 1 is 1.23 bits per heavy atom. The van der Waals surface area contributed by atoms with Gasteiger partial charge in [0.25, 0.3) is 0 Å². The third-order valence-electron chi connectivity index (χ3n) is 3.74. The molecule has 0 atom stereocenters. The smallest absolute Gasteiger partial charge is 0.00318 e. The molecule has 1 fully saturated rings. The summed E-state index contributed by atoms with van der Waals surface area (Å²) in [5.74, 6) is 0.974. The quantitative estimate of drug-likeness (QED) is 0.649. The van der Waals surface area contributed by atoms with Gasteiger partial charge in [0.2, 0.25) is 0 Å². The van der Waals surface area contributed by atoms with E-state index in [9.17, 15) is 0 Å². The first-order valence-corrected chi connectivity index (χ1v) is 5.73. The fourth-order valence-corrected chi connectivity index (χ4v) is 2.67. The topological polar surface area (TPSA) is 3.24 Å². The number of rotatable bonds is 3. The zero-order chi connectivity index (χ0) is 9.90. The highest BCUT2D eigenvalue weighted by atomic mass is 15.1. The first kappa shape index (κ1) is 11.0. The van der Waals surface area contributed by atoms with Crippen LogP contribution in [0.1, 0.15) is 46.0 Å². The van der Waals surface area contributed by atoms with Crippen LogP contribution in [0.3, 0.4) is 0 Å². The molecule has 0 radical (unpaired) electrons. The van der Waals surface area contributed by atoms with Gasteiger partial charge in [0.05, 0.1) is 0 Å². The van der Waals surface area contributed by atoms with E-state index in [1.165, 1.54) is 38.6 Å². The molecule has 0 aliphatic heterocycles. The summed E-state index contributed by atoms with van der Waals surface area (Å²) in [6.07, 6.45) is 7.15. The van der Waals surface area contributed by atoms with Crippen LogP contribution in [0.2, 0.25) is 0 Å². The standard InChI is InChI=1S/C12H25N/c1-5-12(10-13(3)4)8-6-11(2)7-9-12/h11H,5-10H2,1-4H3. The van der Waals surface area contributed by atoms with E-state index in [2.05, 4.69) is 32.8 Å². The van der Waals surface area contributed by atoms with Crippen molar-refractivity contribution in [2.75, 3.05) is 20.6 Å². The molecule has 0 bridgehead atoms. The molecule has 1 rings (SSSR count). The Morgan fingerprint density at radius 2 is 1.77 bits per heavy atom. The van der Waals surface area contributed by atoms with E-state index in [0.29, 0.717) is 5.41 Å². The van der Waals surface area contributed by atoms with Gasteiger partial charge in [-0.25, -0.2) is 0 Å². The Balaban J connectivity index is 2.50. The average Bonchev–Trinajstić information content (AvgIpc) is 2.09. The van der Waals surface area contributed by atoms with Gasteiger partial charge in [-0.05, 0) is 44.7 Å². The molecule has 0 unspecified atom stereocenters. The molecule has 1 heteroatoms. The van der Waals surface area contributed by atoms with Gasteiger partial charge in [-0.3, -0.25) is 0 Å². The zero-order valence-electron chi connectivity index (χ0n) is 9.77. The molecule has 78 valence electrons. The number of nitrogens with zero attached hydrogens (tertiary/aromatic N) is 1. The normalized spacial score (nSPS) is 35.3. The van der Waals surface area contributed by atoms with Crippen LogP contribution in [-0.2, 0) is 0 Å². The largest absolute Gasteiger partial charge is 0.309 e. The second kappa shape index (κ2) is 4.45. The zero-order valence-corrected chi connectivity index (χ0v) is 9.77. The van der Waals surface area contributed by atoms with Gasteiger partial charge in [0, 0.05) is 6.54 Å². The summed E-state index contributed by atoms with van der Waals surface area (Å²) in [6.45, 7) is 6.05. The molecule has 1 saturated carbocycles. The second-order valence-electron chi connectivity index (χ2n) is 5.27. The molecular formula is C12H25N. The highest BCUT2D eigenvalue weighted by Crippen LogP contribution is 2.41. The molecule has 0 aromatic rings. The minimum absolute atomic E-state index is 0.649. The Labute approximate surface area is 83.5 Å². The van der Waals surface area contributed by atoms with Gasteiger partial charge in [0.1, 0.15) is 0 Å². The molecule has 0 spiro atoms. The highest BCUT2D eigenvalue weighted by Gasteiger charge is 2.32. The molecule has 1 aliphatic carbocycles. The van der Waals surface area contributed by atoms with Crippen LogP contribution >= 0.6 is 0 Å². The molecule has 0 aromatic heterocycles. The minimum atomic E-state index is 0.649. The second-order valence-corrected chi connectivity index (χ2v) is 5.27. The summed E-state index contributed by atoms with van der Waals surface area (Å²) in [4.78, 5) is 2.36. The maximum Gasteiger partial charge on any atom is 0.00318 e. The van der Waals surface area contributed by atoms with E-state index >= 15 is 0 Å². The minimum Gasteiger partial charge on any atom is -0.309 e. The molecule has 0 aromatic carbocycles. The molecule has 0 heterocycles. The highest BCUT2D eigenvalue weighted by molar-refractivity contribution is 4.85. The summed E-state index contributed by atoms with van der Waals surface area (Å²) in [7, 11) is 4.41. The van der Waals surface area contributed by atoms with E-state index in [1.54, 1.807) is 0 Å². The first-order valence-electron chi connectivity index (χ1n) is 5.73. The number of hydrogen-bond donors (Lipinski definition) is 0. The lowest BCUT2D eigenvalue weighted by molar-refractivity contribution is 0.107. The molecule has 0 amide bonds. The summed E-state index contributed by atoms with van der Waals surface area (Å²) in [6, 6.07) is 0. The van der Waals surface area contributed by atoms with Crippen LogP contribution in [-0.4, -0.2) is 25.5 Å². The lowest BCUT2D eigenvalue weighted by Gasteiger charge is -2.40. The molecule has 1 aliphatic rings. The van der Waals surface area contributed by atoms with Crippen molar-refractivity contribution >= 4 is 0 Å². The molecule has 1 nitrogen and oxygen atoms in total. The van der Waals surface area contributed by atoms with Gasteiger partial charge in [-0.2, -0.15) is 0 Å². The first-order chi connectivity index (χ1) is 6.08. The van der Waals surface area contributed by atoms with Crippen LogP contribution in [0.4, 0.5) is 0 Å². The predicted molar refractivity (Wildman–Crippen MR) is 58.9 cm³/mol. The molecule has 13 heavy (non-hydrogen) atoms. The third-order valence-corrected chi connectivity index (χ3v) is 3.74. The van der Waals surface area contributed by atoms with E-state index in [-0.39, 0.29) is 0 Å². The Bertz CT molecular complexity index is 143. The molecule has 0 saturated heterocycles. The summed E-state index contributed by atoms with van der Waals surface area (Å²) in [5.41, 5.74) is 0.649. The van der Waals surface area contributed by atoms with E-state index in [4.69, 9.17) is 0 Å². The summed E-state index contributed by atoms with van der Waals surface area (Å²) >= 11 is 0. The van der Waals surface area contributed by atoms with Gasteiger partial charge in [-0.15, -0.1) is 0 Å².